The Hall–Kier alpha value is -4.77. The van der Waals surface area contributed by atoms with Crippen LogP contribution in [0.15, 0.2) is 89.8 Å². The number of benzene rings is 2. The number of carbonyl (C=O) groups excluding carboxylic acids is 2. The highest BCUT2D eigenvalue weighted by Crippen LogP contribution is 2.40. The predicted octanol–water partition coefficient (Wildman–Crippen LogP) is 4.36. The van der Waals surface area contributed by atoms with Gasteiger partial charge in [-0.2, -0.15) is 4.89 Å². The summed E-state index contributed by atoms with van der Waals surface area (Å²) in [7, 11) is 0. The molecule has 0 bridgehead atoms. The maximum Gasteiger partial charge on any atom is 0.371 e. The molecule has 4 rings (SSSR count). The van der Waals surface area contributed by atoms with E-state index in [0.29, 0.717) is 29.9 Å². The molecule has 11 heteroatoms. The van der Waals surface area contributed by atoms with E-state index in [2.05, 4.69) is 10.3 Å². The number of allylic oxidation sites excluding steroid dienone is 2. The molecular weight excluding hydrogens is 516 g/mol. The zero-order valence-electron chi connectivity index (χ0n) is 22.5. The molecule has 1 aliphatic heterocycles. The van der Waals surface area contributed by atoms with E-state index < -0.39 is 22.8 Å². The van der Waals surface area contributed by atoms with Gasteiger partial charge < -0.3 is 14.6 Å². The van der Waals surface area contributed by atoms with Crippen molar-refractivity contribution in [3.05, 3.63) is 117 Å². The van der Waals surface area contributed by atoms with Gasteiger partial charge in [-0.15, -0.1) is 0 Å². The van der Waals surface area contributed by atoms with Gasteiger partial charge in [0.15, 0.2) is 0 Å². The summed E-state index contributed by atoms with van der Waals surface area (Å²) in [5.41, 5.74) is 3.49. The summed E-state index contributed by atoms with van der Waals surface area (Å²) in [6.45, 7) is 5.95. The molecule has 3 aromatic rings. The van der Waals surface area contributed by atoms with Gasteiger partial charge in [-0.1, -0.05) is 36.4 Å². The minimum atomic E-state index is -0.959. The Labute approximate surface area is 231 Å². The second-order valence-electron chi connectivity index (χ2n) is 9.20. The molecule has 0 saturated heterocycles. The number of nitro groups is 1. The van der Waals surface area contributed by atoms with Crippen LogP contribution >= 0.6 is 0 Å². The highest BCUT2D eigenvalue weighted by Gasteiger charge is 2.39. The zero-order valence-corrected chi connectivity index (χ0v) is 22.5. The number of hydrogen-bond donors (Lipinski definition) is 1. The van der Waals surface area contributed by atoms with Gasteiger partial charge in [-0.25, -0.2) is 14.6 Å². The van der Waals surface area contributed by atoms with Gasteiger partial charge in [-0.05, 0) is 43.9 Å². The lowest BCUT2D eigenvalue weighted by atomic mass is 9.80. The smallest absolute Gasteiger partial charge is 0.371 e. The van der Waals surface area contributed by atoms with Crippen LogP contribution in [0.2, 0.25) is 0 Å². The first kappa shape index (κ1) is 28.2. The van der Waals surface area contributed by atoms with E-state index in [1.807, 2.05) is 35.0 Å². The second kappa shape index (κ2) is 12.9. The van der Waals surface area contributed by atoms with E-state index in [1.165, 1.54) is 18.2 Å². The lowest BCUT2D eigenvalue weighted by molar-refractivity contribution is -0.384. The number of nitro benzene ring substituents is 1. The number of ether oxygens (including phenoxy) is 1. The van der Waals surface area contributed by atoms with Crippen molar-refractivity contribution in [3.63, 3.8) is 0 Å². The van der Waals surface area contributed by atoms with Crippen molar-refractivity contribution in [1.82, 2.24) is 14.9 Å². The number of imidazole rings is 1. The first-order valence-corrected chi connectivity index (χ1v) is 12.8. The number of carbonyl (C=O) groups is 2. The Bertz CT molecular complexity index is 1440. The number of aromatic nitrogens is 2. The minimum Gasteiger partial charge on any atom is -0.463 e. The zero-order chi connectivity index (χ0) is 28.6. The Balaban J connectivity index is 1.47. The average molecular weight is 547 g/mol. The summed E-state index contributed by atoms with van der Waals surface area (Å²) in [6.07, 6.45) is 5.88. The number of dihydropyridines is 1. The SMILES string of the molecule is CCOC(=O)C1=C(C)NC(C)=C(C(=O)OOCCc2ccc(Cn3ccnc3)cc2)C1c1cccc([N+](=O)[O-])c1. The molecule has 0 spiro atoms. The molecule has 1 aromatic heterocycles. The van der Waals surface area contributed by atoms with E-state index in [1.54, 1.807) is 39.4 Å². The van der Waals surface area contributed by atoms with Crippen molar-refractivity contribution in [1.29, 1.82) is 0 Å². The number of nitrogens with zero attached hydrogens (tertiary/aromatic N) is 3. The minimum absolute atomic E-state index is 0.0954. The van der Waals surface area contributed by atoms with Crippen LogP contribution < -0.4 is 5.32 Å². The fourth-order valence-corrected chi connectivity index (χ4v) is 4.60. The molecule has 0 fully saturated rings. The van der Waals surface area contributed by atoms with Crippen LogP contribution in [-0.4, -0.2) is 39.6 Å². The monoisotopic (exact) mass is 546 g/mol. The van der Waals surface area contributed by atoms with Crippen molar-refractivity contribution in [3.8, 4) is 0 Å². The largest absolute Gasteiger partial charge is 0.463 e. The topological polar surface area (TPSA) is 135 Å². The Morgan fingerprint density at radius 3 is 2.40 bits per heavy atom. The van der Waals surface area contributed by atoms with Gasteiger partial charge in [0, 0.05) is 42.5 Å². The van der Waals surface area contributed by atoms with Crippen molar-refractivity contribution in [2.24, 2.45) is 0 Å². The van der Waals surface area contributed by atoms with Crippen LogP contribution in [0.4, 0.5) is 5.69 Å². The molecule has 1 atom stereocenters. The average Bonchev–Trinajstić information content (AvgIpc) is 3.44. The molecule has 0 saturated carbocycles. The summed E-state index contributed by atoms with van der Waals surface area (Å²) in [4.78, 5) is 51.6. The van der Waals surface area contributed by atoms with Gasteiger partial charge in [0.1, 0.15) is 0 Å². The fourth-order valence-electron chi connectivity index (χ4n) is 4.60. The molecule has 1 aliphatic rings. The molecular formula is C29H30N4O7. The maximum absolute atomic E-state index is 13.3. The van der Waals surface area contributed by atoms with Gasteiger partial charge in [-0.3, -0.25) is 15.0 Å². The molecule has 2 heterocycles. The van der Waals surface area contributed by atoms with Gasteiger partial charge in [0.05, 0.1) is 41.5 Å². The third-order valence-electron chi connectivity index (χ3n) is 6.45. The van der Waals surface area contributed by atoms with Crippen molar-refractivity contribution in [2.75, 3.05) is 13.2 Å². The quantitative estimate of drug-likeness (QED) is 0.122. The Morgan fingerprint density at radius 2 is 1.75 bits per heavy atom. The molecule has 2 aromatic carbocycles. The standard InChI is InChI=1S/C29H30N4O7/c1-4-38-28(34)25-19(2)31-20(3)26(27(25)23-6-5-7-24(16-23)33(36)37)29(35)40-39-15-12-21-8-10-22(11-9-21)17-32-14-13-30-18-32/h5-11,13-14,16,18,27,31H,4,12,15,17H2,1-3H3. The summed E-state index contributed by atoms with van der Waals surface area (Å²) in [5.74, 6) is -2.41. The Kier molecular flexibility index (Phi) is 9.07. The van der Waals surface area contributed by atoms with Crippen LogP contribution in [0.1, 0.15) is 43.4 Å². The first-order valence-electron chi connectivity index (χ1n) is 12.8. The van der Waals surface area contributed by atoms with Crippen LogP contribution in [0.25, 0.3) is 0 Å². The van der Waals surface area contributed by atoms with Crippen LogP contribution in [0.3, 0.4) is 0 Å². The highest BCUT2D eigenvalue weighted by atomic mass is 17.2. The third kappa shape index (κ3) is 6.62. The van der Waals surface area contributed by atoms with Crippen LogP contribution in [0.5, 0.6) is 0 Å². The summed E-state index contributed by atoms with van der Waals surface area (Å²) in [5, 5.41) is 14.5. The third-order valence-corrected chi connectivity index (χ3v) is 6.45. The number of nitrogens with one attached hydrogen (secondary N) is 1. The van der Waals surface area contributed by atoms with Crippen LogP contribution in [-0.2, 0) is 37.1 Å². The van der Waals surface area contributed by atoms with E-state index in [9.17, 15) is 19.7 Å². The first-order chi connectivity index (χ1) is 19.3. The molecule has 1 N–H and O–H groups in total. The molecule has 0 radical (unpaired) electrons. The lowest BCUT2D eigenvalue weighted by Gasteiger charge is -2.30. The van der Waals surface area contributed by atoms with Crippen molar-refractivity contribution < 1.29 is 29.0 Å². The van der Waals surface area contributed by atoms with Crippen LogP contribution in [0, 0.1) is 10.1 Å². The summed E-state index contributed by atoms with van der Waals surface area (Å²) in [6, 6.07) is 13.8. The molecule has 11 nitrogen and oxygen atoms in total. The van der Waals surface area contributed by atoms with Gasteiger partial charge in [0.2, 0.25) is 0 Å². The molecule has 1 unspecified atom stereocenters. The van der Waals surface area contributed by atoms with Crippen molar-refractivity contribution >= 4 is 17.6 Å². The van der Waals surface area contributed by atoms with E-state index >= 15 is 0 Å². The number of hydrogen-bond acceptors (Lipinski definition) is 9. The normalized spacial score (nSPS) is 15.0. The van der Waals surface area contributed by atoms with E-state index in [0.717, 1.165) is 11.1 Å². The Morgan fingerprint density at radius 1 is 1.05 bits per heavy atom. The molecule has 0 amide bonds. The van der Waals surface area contributed by atoms with E-state index in [-0.39, 0.29) is 30.0 Å². The number of non-ortho nitro benzene ring substituents is 1. The van der Waals surface area contributed by atoms with Crippen molar-refractivity contribution in [2.45, 2.75) is 39.7 Å². The van der Waals surface area contributed by atoms with E-state index in [4.69, 9.17) is 14.5 Å². The fraction of sp³-hybridized carbons (Fsp3) is 0.276. The summed E-state index contributed by atoms with van der Waals surface area (Å²) < 4.78 is 7.22. The molecule has 0 aliphatic carbocycles. The molecule has 208 valence electrons. The van der Waals surface area contributed by atoms with Gasteiger partial charge >= 0.3 is 11.9 Å². The highest BCUT2D eigenvalue weighted by molar-refractivity contribution is 5.99. The number of rotatable bonds is 11. The number of esters is 1. The maximum atomic E-state index is 13.3. The predicted molar refractivity (Wildman–Crippen MR) is 145 cm³/mol. The second-order valence-corrected chi connectivity index (χ2v) is 9.20. The van der Waals surface area contributed by atoms with Gasteiger partial charge in [0.25, 0.3) is 5.69 Å². The molecule has 40 heavy (non-hydrogen) atoms. The summed E-state index contributed by atoms with van der Waals surface area (Å²) >= 11 is 0. The lowest BCUT2D eigenvalue weighted by Crippen LogP contribution is -2.32.